The maximum atomic E-state index is 13.3. The number of aromatic nitrogens is 1. The van der Waals surface area contributed by atoms with Crippen molar-refractivity contribution in [2.75, 3.05) is 0 Å². The third-order valence-corrected chi connectivity index (χ3v) is 6.10. The maximum Gasteiger partial charge on any atom is 0.316 e. The van der Waals surface area contributed by atoms with Crippen LogP contribution in [0.2, 0.25) is 0 Å². The van der Waals surface area contributed by atoms with Gasteiger partial charge in [0, 0.05) is 21.2 Å². The Labute approximate surface area is 175 Å². The lowest BCUT2D eigenvalue weighted by atomic mass is 9.96. The Balaban J connectivity index is 1.68. The second-order valence-electron chi connectivity index (χ2n) is 6.80. The molecule has 5 nitrogen and oxygen atoms in total. The number of hydrogen-bond donors (Lipinski definition) is 2. The van der Waals surface area contributed by atoms with Crippen LogP contribution in [0, 0.1) is 0 Å². The number of carbonyl (C=O) groups excluding carboxylic acids is 1. The second-order valence-corrected chi connectivity index (χ2v) is 7.86. The van der Waals surface area contributed by atoms with Crippen molar-refractivity contribution in [2.24, 2.45) is 0 Å². The van der Waals surface area contributed by atoms with Crippen molar-refractivity contribution in [1.82, 2.24) is 5.16 Å². The van der Waals surface area contributed by atoms with E-state index in [-0.39, 0.29) is 17.5 Å². The van der Waals surface area contributed by atoms with Gasteiger partial charge in [-0.05, 0) is 29.3 Å². The lowest BCUT2D eigenvalue weighted by Crippen LogP contribution is -2.00. The molecular formula is C24H15NO4S. The summed E-state index contributed by atoms with van der Waals surface area (Å²) >= 11 is 1.37. The first-order valence-corrected chi connectivity index (χ1v) is 10.0. The van der Waals surface area contributed by atoms with Crippen molar-refractivity contribution in [3.05, 3.63) is 89.4 Å². The number of nitrogens with zero attached hydrogens (tertiary/aromatic N) is 1. The number of rotatable bonds is 4. The van der Waals surface area contributed by atoms with Crippen LogP contribution in [0.3, 0.4) is 0 Å². The molecule has 0 bridgehead atoms. The minimum Gasteiger partial charge on any atom is -0.508 e. The molecule has 146 valence electrons. The van der Waals surface area contributed by atoms with Crippen LogP contribution in [0.4, 0.5) is 0 Å². The summed E-state index contributed by atoms with van der Waals surface area (Å²) in [6, 6.07) is 21.8. The number of ketones is 1. The Kier molecular flexibility index (Phi) is 4.34. The Morgan fingerprint density at radius 3 is 2.33 bits per heavy atom. The van der Waals surface area contributed by atoms with E-state index < -0.39 is 0 Å². The van der Waals surface area contributed by atoms with Crippen molar-refractivity contribution >= 4 is 27.2 Å². The Bertz CT molecular complexity index is 1370. The van der Waals surface area contributed by atoms with E-state index in [0.29, 0.717) is 16.0 Å². The average molecular weight is 413 g/mol. The molecule has 0 unspecified atom stereocenters. The lowest BCUT2D eigenvalue weighted by molar-refractivity contribution is 0.104. The van der Waals surface area contributed by atoms with E-state index in [1.54, 1.807) is 24.3 Å². The van der Waals surface area contributed by atoms with E-state index in [4.69, 9.17) is 4.52 Å². The van der Waals surface area contributed by atoms with Gasteiger partial charge >= 0.3 is 5.95 Å². The van der Waals surface area contributed by atoms with Gasteiger partial charge in [-0.2, -0.15) is 0 Å². The zero-order valence-corrected chi connectivity index (χ0v) is 16.4. The molecule has 0 amide bonds. The Morgan fingerprint density at radius 2 is 1.63 bits per heavy atom. The second kappa shape index (κ2) is 7.17. The summed E-state index contributed by atoms with van der Waals surface area (Å²) in [5, 5.41) is 24.2. The molecule has 0 atom stereocenters. The number of fused-ring (bicyclic) bond motifs is 1. The molecule has 6 heteroatoms. The summed E-state index contributed by atoms with van der Waals surface area (Å²) in [4.78, 5) is 13.9. The Morgan fingerprint density at radius 1 is 0.900 bits per heavy atom. The minimum atomic E-state index is -0.237. The zero-order chi connectivity index (χ0) is 20.7. The van der Waals surface area contributed by atoms with Gasteiger partial charge in [0.25, 0.3) is 0 Å². The normalized spacial score (nSPS) is 11.1. The fourth-order valence-electron chi connectivity index (χ4n) is 3.50. The molecular weight excluding hydrogens is 398 g/mol. The summed E-state index contributed by atoms with van der Waals surface area (Å²) in [5.41, 5.74) is 3.56. The van der Waals surface area contributed by atoms with Gasteiger partial charge in [-0.15, -0.1) is 11.3 Å². The molecule has 30 heavy (non-hydrogen) atoms. The number of phenolic OH excluding ortho intramolecular Hbond substituents is 1. The molecule has 0 saturated heterocycles. The molecule has 0 aliphatic heterocycles. The van der Waals surface area contributed by atoms with Crippen molar-refractivity contribution in [3.63, 3.8) is 0 Å². The topological polar surface area (TPSA) is 83.6 Å². The number of phenols is 1. The fraction of sp³-hybridized carbons (Fsp3) is 0. The van der Waals surface area contributed by atoms with Crippen molar-refractivity contribution in [2.45, 2.75) is 0 Å². The molecule has 2 heterocycles. The van der Waals surface area contributed by atoms with E-state index in [0.717, 1.165) is 26.8 Å². The van der Waals surface area contributed by atoms with Crippen LogP contribution in [0.15, 0.2) is 83.5 Å². The van der Waals surface area contributed by atoms with Gasteiger partial charge in [0.1, 0.15) is 5.75 Å². The predicted molar refractivity (Wildman–Crippen MR) is 116 cm³/mol. The van der Waals surface area contributed by atoms with E-state index in [2.05, 4.69) is 5.16 Å². The average Bonchev–Trinajstić information content (AvgIpc) is 3.37. The molecule has 5 aromatic rings. The highest BCUT2D eigenvalue weighted by Gasteiger charge is 2.21. The maximum absolute atomic E-state index is 13.3. The summed E-state index contributed by atoms with van der Waals surface area (Å²) in [6.07, 6.45) is 1.46. The number of carbonyl (C=O) groups is 1. The lowest BCUT2D eigenvalue weighted by Gasteiger charge is -2.07. The van der Waals surface area contributed by atoms with Crippen LogP contribution in [0.5, 0.6) is 11.7 Å². The van der Waals surface area contributed by atoms with Crippen LogP contribution in [-0.4, -0.2) is 21.2 Å². The highest BCUT2D eigenvalue weighted by Crippen LogP contribution is 2.42. The van der Waals surface area contributed by atoms with Gasteiger partial charge in [0.15, 0.2) is 0 Å². The molecule has 0 fully saturated rings. The molecule has 2 N–H and O–H groups in total. The highest BCUT2D eigenvalue weighted by atomic mass is 32.1. The largest absolute Gasteiger partial charge is 0.508 e. The molecule has 3 aromatic carbocycles. The van der Waals surface area contributed by atoms with Crippen LogP contribution in [0.25, 0.3) is 32.3 Å². The van der Waals surface area contributed by atoms with Gasteiger partial charge in [0.05, 0.1) is 16.6 Å². The summed E-state index contributed by atoms with van der Waals surface area (Å²) in [7, 11) is 0. The standard InChI is InChI=1S/C24H15NO4S/c26-17-10-11-18-20(12-17)30-23(22(27)16-4-2-1-3-5-16)21(18)15-8-6-14(7-9-15)19-13-25-29-24(19)28/h1-13,26,28H. The SMILES string of the molecule is O=C(c1ccccc1)c1sc2cc(O)ccc2c1-c1ccc(-c2cnoc2O)cc1. The van der Waals surface area contributed by atoms with Crippen molar-refractivity contribution in [1.29, 1.82) is 0 Å². The van der Waals surface area contributed by atoms with Crippen molar-refractivity contribution in [3.8, 4) is 33.9 Å². The van der Waals surface area contributed by atoms with Crippen LogP contribution < -0.4 is 0 Å². The van der Waals surface area contributed by atoms with E-state index in [9.17, 15) is 15.0 Å². The van der Waals surface area contributed by atoms with E-state index >= 15 is 0 Å². The Hall–Kier alpha value is -3.90. The molecule has 0 aliphatic carbocycles. The predicted octanol–water partition coefficient (Wildman–Crippen LogP) is 5.87. The van der Waals surface area contributed by atoms with Crippen LogP contribution in [0.1, 0.15) is 15.2 Å². The first-order valence-electron chi connectivity index (χ1n) is 9.21. The van der Waals surface area contributed by atoms with E-state index in [1.807, 2.05) is 48.5 Å². The number of aromatic hydroxyl groups is 2. The number of thiophene rings is 1. The summed E-state index contributed by atoms with van der Waals surface area (Å²) in [5.74, 6) is -0.140. The molecule has 0 aliphatic rings. The number of hydrogen-bond acceptors (Lipinski definition) is 6. The molecule has 0 saturated carbocycles. The zero-order valence-electron chi connectivity index (χ0n) is 15.6. The quantitative estimate of drug-likeness (QED) is 0.360. The molecule has 5 rings (SSSR count). The van der Waals surface area contributed by atoms with Gasteiger partial charge in [-0.1, -0.05) is 59.8 Å². The van der Waals surface area contributed by atoms with E-state index in [1.165, 1.54) is 17.5 Å². The monoisotopic (exact) mass is 413 g/mol. The first-order chi connectivity index (χ1) is 14.6. The molecule has 0 spiro atoms. The van der Waals surface area contributed by atoms with Crippen LogP contribution >= 0.6 is 11.3 Å². The summed E-state index contributed by atoms with van der Waals surface area (Å²) in [6.45, 7) is 0. The molecule has 0 radical (unpaired) electrons. The highest BCUT2D eigenvalue weighted by molar-refractivity contribution is 7.21. The van der Waals surface area contributed by atoms with Gasteiger partial charge < -0.3 is 14.7 Å². The fourth-order valence-corrected chi connectivity index (χ4v) is 4.72. The van der Waals surface area contributed by atoms with Crippen LogP contribution in [-0.2, 0) is 0 Å². The smallest absolute Gasteiger partial charge is 0.316 e. The molecule has 2 aromatic heterocycles. The summed E-state index contributed by atoms with van der Waals surface area (Å²) < 4.78 is 5.57. The first kappa shape index (κ1) is 18.1. The third-order valence-electron chi connectivity index (χ3n) is 4.95. The van der Waals surface area contributed by atoms with Gasteiger partial charge in [0.2, 0.25) is 5.78 Å². The van der Waals surface area contributed by atoms with Crippen molar-refractivity contribution < 1.29 is 19.5 Å². The minimum absolute atomic E-state index is 0.0629. The van der Waals surface area contributed by atoms with Gasteiger partial charge in [-0.3, -0.25) is 4.79 Å². The third kappa shape index (κ3) is 3.03. The van der Waals surface area contributed by atoms with Gasteiger partial charge in [-0.25, -0.2) is 0 Å². The number of benzene rings is 3.